The highest BCUT2D eigenvalue weighted by Crippen LogP contribution is 2.18. The van der Waals surface area contributed by atoms with Gasteiger partial charge in [0.05, 0.1) is 10.6 Å². The highest BCUT2D eigenvalue weighted by Gasteiger charge is 2.26. The second-order valence-electron chi connectivity index (χ2n) is 3.95. The third-order valence-corrected chi connectivity index (χ3v) is 5.75. The fraction of sp³-hybridized carbons (Fsp3) is 0.273. The molecule has 0 atom stereocenters. The number of hydrogen-bond acceptors (Lipinski definition) is 5. The molecule has 0 unspecified atom stereocenters. The first-order chi connectivity index (χ1) is 9.40. The van der Waals surface area contributed by atoms with E-state index in [2.05, 4.69) is 4.72 Å². The van der Waals surface area contributed by atoms with Crippen molar-refractivity contribution in [2.45, 2.75) is 4.90 Å². The molecule has 1 amide bonds. The van der Waals surface area contributed by atoms with Crippen molar-refractivity contribution in [1.82, 2.24) is 9.62 Å². The number of carbonyl (C=O) groups excluding carboxylic acids is 1. The van der Waals surface area contributed by atoms with E-state index in [-0.39, 0.29) is 23.9 Å². The number of thiocarbonyl (C=S) groups is 1. The molecular formula is C11H11ClN2O3S3. The Hall–Kier alpha value is -0.670. The summed E-state index contributed by atoms with van der Waals surface area (Å²) in [4.78, 5) is 13.0. The van der Waals surface area contributed by atoms with Gasteiger partial charge in [-0.1, -0.05) is 35.6 Å². The molecule has 0 bridgehead atoms. The van der Waals surface area contributed by atoms with Crippen molar-refractivity contribution in [2.75, 3.05) is 18.8 Å². The third kappa shape index (κ3) is 3.70. The number of hydrogen-bond donors (Lipinski definition) is 1. The zero-order valence-corrected chi connectivity index (χ0v) is 13.4. The van der Waals surface area contributed by atoms with Gasteiger partial charge >= 0.3 is 0 Å². The number of carbonyl (C=O) groups is 1. The van der Waals surface area contributed by atoms with Crippen LogP contribution >= 0.6 is 35.6 Å². The third-order valence-electron chi connectivity index (χ3n) is 2.59. The molecule has 5 nitrogen and oxygen atoms in total. The zero-order valence-electron chi connectivity index (χ0n) is 10.2. The van der Waals surface area contributed by atoms with Crippen molar-refractivity contribution < 1.29 is 13.2 Å². The van der Waals surface area contributed by atoms with Gasteiger partial charge in [0, 0.05) is 18.1 Å². The van der Waals surface area contributed by atoms with E-state index < -0.39 is 10.0 Å². The fourth-order valence-electron chi connectivity index (χ4n) is 1.59. The maximum Gasteiger partial charge on any atom is 0.240 e. The molecule has 1 fully saturated rings. The molecule has 108 valence electrons. The summed E-state index contributed by atoms with van der Waals surface area (Å²) in [7, 11) is -3.60. The van der Waals surface area contributed by atoms with E-state index in [1.807, 2.05) is 0 Å². The van der Waals surface area contributed by atoms with Crippen molar-refractivity contribution >= 4 is 55.8 Å². The Morgan fingerprint density at radius 1 is 1.35 bits per heavy atom. The van der Waals surface area contributed by atoms with Crippen LogP contribution in [0.3, 0.4) is 0 Å². The summed E-state index contributed by atoms with van der Waals surface area (Å²) in [6, 6.07) is 5.86. The Balaban J connectivity index is 1.94. The van der Waals surface area contributed by atoms with E-state index >= 15 is 0 Å². The highest BCUT2D eigenvalue weighted by atomic mass is 35.5. The second kappa shape index (κ2) is 6.40. The van der Waals surface area contributed by atoms with Crippen molar-refractivity contribution in [3.8, 4) is 0 Å². The van der Waals surface area contributed by atoms with Crippen LogP contribution in [-0.2, 0) is 14.8 Å². The zero-order chi connectivity index (χ0) is 14.8. The second-order valence-corrected chi connectivity index (χ2v) is 7.76. The predicted octanol–water partition coefficient (Wildman–Crippen LogP) is 1.48. The molecule has 1 aromatic rings. The van der Waals surface area contributed by atoms with Gasteiger partial charge in [0.15, 0.2) is 0 Å². The van der Waals surface area contributed by atoms with Crippen LogP contribution in [0.25, 0.3) is 0 Å². The topological polar surface area (TPSA) is 66.5 Å². The highest BCUT2D eigenvalue weighted by molar-refractivity contribution is 8.23. The number of benzene rings is 1. The summed E-state index contributed by atoms with van der Waals surface area (Å²) in [6.45, 7) is 0.342. The van der Waals surface area contributed by atoms with Gasteiger partial charge in [-0.2, -0.15) is 0 Å². The van der Waals surface area contributed by atoms with Crippen molar-refractivity contribution in [1.29, 1.82) is 0 Å². The molecule has 1 aliphatic heterocycles. The number of halogens is 1. The molecule has 2 rings (SSSR count). The molecule has 0 aromatic heterocycles. The van der Waals surface area contributed by atoms with E-state index in [9.17, 15) is 13.2 Å². The van der Waals surface area contributed by atoms with E-state index in [1.54, 1.807) is 0 Å². The Morgan fingerprint density at radius 3 is 2.55 bits per heavy atom. The average molecular weight is 351 g/mol. The Kier molecular flexibility index (Phi) is 5.03. The predicted molar refractivity (Wildman–Crippen MR) is 83.4 cm³/mol. The van der Waals surface area contributed by atoms with Gasteiger partial charge in [0.2, 0.25) is 15.9 Å². The van der Waals surface area contributed by atoms with Crippen molar-refractivity contribution in [2.24, 2.45) is 0 Å². The lowest BCUT2D eigenvalue weighted by Gasteiger charge is -2.15. The minimum absolute atomic E-state index is 0.0920. The first kappa shape index (κ1) is 15.7. The van der Waals surface area contributed by atoms with Crippen molar-refractivity contribution in [3.63, 3.8) is 0 Å². The Labute approximate surface area is 131 Å². The molecule has 1 aromatic carbocycles. The first-order valence-corrected chi connectivity index (χ1v) is 8.88. The summed E-state index contributed by atoms with van der Waals surface area (Å²) in [5.41, 5.74) is 0. The normalized spacial score (nSPS) is 15.9. The average Bonchev–Trinajstić information content (AvgIpc) is 2.71. The van der Waals surface area contributed by atoms with Crippen LogP contribution in [0.5, 0.6) is 0 Å². The lowest BCUT2D eigenvalue weighted by atomic mass is 10.4. The van der Waals surface area contributed by atoms with Gasteiger partial charge in [0.1, 0.15) is 4.32 Å². The van der Waals surface area contributed by atoms with Gasteiger partial charge in [0.25, 0.3) is 0 Å². The van der Waals surface area contributed by atoms with Crippen LogP contribution in [0.15, 0.2) is 29.2 Å². The molecule has 0 aliphatic carbocycles. The standard InChI is InChI=1S/C11H11ClN2O3S3/c12-8-1-3-9(4-2-8)20(16,17)13-5-6-14-10(15)7-19-11(14)18/h1-4,13H,5-7H2. The summed E-state index contributed by atoms with van der Waals surface area (Å²) in [6.07, 6.45) is 0. The number of sulfonamides is 1. The van der Waals surface area contributed by atoms with Gasteiger partial charge in [-0.05, 0) is 24.3 Å². The summed E-state index contributed by atoms with van der Waals surface area (Å²) >= 11 is 12.0. The quantitative estimate of drug-likeness (QED) is 0.815. The molecule has 1 N–H and O–H groups in total. The monoisotopic (exact) mass is 350 g/mol. The Morgan fingerprint density at radius 2 is 2.00 bits per heavy atom. The summed E-state index contributed by atoms with van der Waals surface area (Å²) < 4.78 is 26.9. The largest absolute Gasteiger partial charge is 0.296 e. The van der Waals surface area contributed by atoms with Gasteiger partial charge in [-0.3, -0.25) is 9.69 Å². The molecular weight excluding hydrogens is 340 g/mol. The number of thioether (sulfide) groups is 1. The van der Waals surface area contributed by atoms with Crippen LogP contribution in [-0.4, -0.2) is 42.4 Å². The minimum atomic E-state index is -3.60. The lowest BCUT2D eigenvalue weighted by Crippen LogP contribution is -2.37. The number of nitrogens with one attached hydrogen (secondary N) is 1. The van der Waals surface area contributed by atoms with Crippen LogP contribution in [0.4, 0.5) is 0 Å². The van der Waals surface area contributed by atoms with Crippen molar-refractivity contribution in [3.05, 3.63) is 29.3 Å². The first-order valence-electron chi connectivity index (χ1n) is 5.62. The molecule has 1 saturated heterocycles. The molecule has 0 radical (unpaired) electrons. The van der Waals surface area contributed by atoms with E-state index in [0.29, 0.717) is 15.1 Å². The van der Waals surface area contributed by atoms with E-state index in [1.165, 1.54) is 40.9 Å². The lowest BCUT2D eigenvalue weighted by molar-refractivity contribution is -0.123. The van der Waals surface area contributed by atoms with Crippen LogP contribution < -0.4 is 4.72 Å². The molecule has 0 spiro atoms. The molecule has 9 heteroatoms. The molecule has 1 heterocycles. The summed E-state index contributed by atoms with van der Waals surface area (Å²) in [5, 5.41) is 0.467. The van der Waals surface area contributed by atoms with Crippen LogP contribution in [0, 0.1) is 0 Å². The van der Waals surface area contributed by atoms with Gasteiger partial charge in [-0.25, -0.2) is 13.1 Å². The maximum absolute atomic E-state index is 12.0. The number of amides is 1. The smallest absolute Gasteiger partial charge is 0.240 e. The molecule has 1 aliphatic rings. The molecule has 20 heavy (non-hydrogen) atoms. The van der Waals surface area contributed by atoms with Gasteiger partial charge in [-0.15, -0.1) is 0 Å². The summed E-state index contributed by atoms with van der Waals surface area (Å²) in [5.74, 6) is 0.230. The van der Waals surface area contributed by atoms with E-state index in [4.69, 9.17) is 23.8 Å². The van der Waals surface area contributed by atoms with Crippen LogP contribution in [0.1, 0.15) is 0 Å². The molecule has 0 saturated carbocycles. The fourth-order valence-corrected chi connectivity index (χ4v) is 3.85. The maximum atomic E-state index is 12.0. The number of rotatable bonds is 5. The SMILES string of the molecule is O=C1CSC(=S)N1CCNS(=O)(=O)c1ccc(Cl)cc1. The minimum Gasteiger partial charge on any atom is -0.296 e. The van der Waals surface area contributed by atoms with Crippen LogP contribution in [0.2, 0.25) is 5.02 Å². The Bertz CT molecular complexity index is 615. The van der Waals surface area contributed by atoms with Gasteiger partial charge < -0.3 is 0 Å². The van der Waals surface area contributed by atoms with E-state index in [0.717, 1.165) is 0 Å². The number of nitrogens with zero attached hydrogens (tertiary/aromatic N) is 1.